The summed E-state index contributed by atoms with van der Waals surface area (Å²) < 4.78 is 5.21. The summed E-state index contributed by atoms with van der Waals surface area (Å²) in [4.78, 5) is 46.1. The smallest absolute Gasteiger partial charge is 0.255 e. The molecule has 4 aromatic rings. The number of hydrogen-bond donors (Lipinski definition) is 3. The third kappa shape index (κ3) is 4.73. The molecule has 0 saturated heterocycles. The molecule has 3 aromatic carbocycles. The van der Waals surface area contributed by atoms with Crippen LogP contribution in [0.5, 0.6) is 5.75 Å². The summed E-state index contributed by atoms with van der Waals surface area (Å²) in [6, 6.07) is 21.4. The molecule has 0 aliphatic carbocycles. The number of nitrogens with zero attached hydrogens (tertiary/aromatic N) is 1. The van der Waals surface area contributed by atoms with Crippen LogP contribution < -0.4 is 15.4 Å². The van der Waals surface area contributed by atoms with Gasteiger partial charge in [0.25, 0.3) is 5.91 Å². The van der Waals surface area contributed by atoms with E-state index in [1.54, 1.807) is 12.0 Å². The Kier molecular flexibility index (Phi) is 6.99. The van der Waals surface area contributed by atoms with Crippen molar-refractivity contribution >= 4 is 28.6 Å². The molecule has 2 aliphatic rings. The third-order valence-corrected chi connectivity index (χ3v) is 8.27. The van der Waals surface area contributed by atoms with Crippen molar-refractivity contribution in [2.75, 3.05) is 13.7 Å². The zero-order valence-corrected chi connectivity index (χ0v) is 23.4. The van der Waals surface area contributed by atoms with Crippen molar-refractivity contribution in [1.29, 1.82) is 0 Å². The Labute approximate surface area is 239 Å². The summed E-state index contributed by atoms with van der Waals surface area (Å²) in [6.07, 6.45) is 1.02. The van der Waals surface area contributed by atoms with E-state index in [0.29, 0.717) is 24.9 Å². The lowest BCUT2D eigenvalue weighted by atomic mass is 9.89. The Balaban J connectivity index is 1.23. The summed E-state index contributed by atoms with van der Waals surface area (Å²) in [5.74, 6) is -0.0895. The molecular weight excluding hydrogens is 516 g/mol. The maximum absolute atomic E-state index is 14.0. The third-order valence-electron chi connectivity index (χ3n) is 8.27. The number of para-hydroxylation sites is 1. The van der Waals surface area contributed by atoms with Crippen LogP contribution in [0.3, 0.4) is 0 Å². The van der Waals surface area contributed by atoms with Crippen molar-refractivity contribution in [3.8, 4) is 5.75 Å². The molecule has 0 radical (unpaired) electrons. The molecule has 210 valence electrons. The summed E-state index contributed by atoms with van der Waals surface area (Å²) in [5, 5.41) is 7.04. The fraction of sp³-hybridized carbons (Fsp3) is 0.303. The van der Waals surface area contributed by atoms with Crippen LogP contribution in [0, 0.1) is 5.92 Å². The maximum Gasteiger partial charge on any atom is 0.255 e. The normalized spacial score (nSPS) is 18.0. The van der Waals surface area contributed by atoms with Gasteiger partial charge in [-0.1, -0.05) is 62.4 Å². The Morgan fingerprint density at radius 3 is 2.51 bits per heavy atom. The van der Waals surface area contributed by atoms with Crippen molar-refractivity contribution in [3.05, 3.63) is 101 Å². The number of carbonyl (C=O) groups is 3. The van der Waals surface area contributed by atoms with E-state index >= 15 is 0 Å². The first kappa shape index (κ1) is 26.6. The summed E-state index contributed by atoms with van der Waals surface area (Å²) in [5.41, 5.74) is 5.54. The molecular formula is C33H34N4O4. The number of aromatic nitrogens is 1. The molecule has 6 rings (SSSR count). The largest absolute Gasteiger partial charge is 0.497 e. The van der Waals surface area contributed by atoms with Crippen LogP contribution in [-0.2, 0) is 22.4 Å². The van der Waals surface area contributed by atoms with Gasteiger partial charge in [-0.15, -0.1) is 0 Å². The van der Waals surface area contributed by atoms with E-state index in [9.17, 15) is 14.4 Å². The van der Waals surface area contributed by atoms with E-state index in [4.69, 9.17) is 4.74 Å². The van der Waals surface area contributed by atoms with Gasteiger partial charge in [-0.2, -0.15) is 0 Å². The molecule has 8 nitrogen and oxygen atoms in total. The van der Waals surface area contributed by atoms with Crippen LogP contribution in [0.2, 0.25) is 0 Å². The number of aromatic amines is 1. The van der Waals surface area contributed by atoms with Crippen LogP contribution in [0.25, 0.3) is 10.9 Å². The quantitative estimate of drug-likeness (QED) is 0.307. The number of nitrogens with one attached hydrogen (secondary N) is 3. The van der Waals surface area contributed by atoms with Crippen molar-refractivity contribution in [3.63, 3.8) is 0 Å². The zero-order valence-electron chi connectivity index (χ0n) is 23.4. The van der Waals surface area contributed by atoms with E-state index < -0.39 is 12.1 Å². The first-order valence-corrected chi connectivity index (χ1v) is 14.1. The summed E-state index contributed by atoms with van der Waals surface area (Å²) in [6.45, 7) is 4.26. The number of rotatable bonds is 8. The van der Waals surface area contributed by atoms with Gasteiger partial charge in [0, 0.05) is 35.1 Å². The van der Waals surface area contributed by atoms with E-state index in [2.05, 4.69) is 15.6 Å². The molecule has 1 aromatic heterocycles. The minimum Gasteiger partial charge on any atom is -0.497 e. The van der Waals surface area contributed by atoms with Crippen molar-refractivity contribution in [1.82, 2.24) is 20.5 Å². The first-order chi connectivity index (χ1) is 19.9. The minimum absolute atomic E-state index is 0.144. The number of H-pyrrole nitrogens is 1. The predicted molar refractivity (Wildman–Crippen MR) is 157 cm³/mol. The molecule has 0 saturated carbocycles. The second kappa shape index (κ2) is 10.8. The van der Waals surface area contributed by atoms with Gasteiger partial charge in [0.05, 0.1) is 13.2 Å². The van der Waals surface area contributed by atoms with Gasteiger partial charge in [-0.25, -0.2) is 0 Å². The molecule has 0 spiro atoms. The van der Waals surface area contributed by atoms with Gasteiger partial charge in [0.2, 0.25) is 11.8 Å². The van der Waals surface area contributed by atoms with Crippen LogP contribution in [0.1, 0.15) is 52.6 Å². The second-order valence-electron chi connectivity index (χ2n) is 11.1. The van der Waals surface area contributed by atoms with E-state index in [1.807, 2.05) is 86.6 Å². The van der Waals surface area contributed by atoms with Crippen molar-refractivity contribution in [2.24, 2.45) is 5.92 Å². The van der Waals surface area contributed by atoms with Crippen LogP contribution in [0.15, 0.2) is 72.8 Å². The number of amides is 3. The number of ether oxygens (including phenoxy) is 1. The Morgan fingerprint density at radius 2 is 1.76 bits per heavy atom. The minimum atomic E-state index is -0.750. The molecule has 2 aliphatic heterocycles. The molecule has 3 heterocycles. The van der Waals surface area contributed by atoms with Gasteiger partial charge in [0.1, 0.15) is 17.8 Å². The molecule has 8 heteroatoms. The van der Waals surface area contributed by atoms with Crippen LogP contribution in [0.4, 0.5) is 0 Å². The Hall–Kier alpha value is -4.59. The van der Waals surface area contributed by atoms with E-state index in [1.165, 1.54) is 0 Å². The van der Waals surface area contributed by atoms with Crippen LogP contribution in [-0.4, -0.2) is 53.3 Å². The molecule has 41 heavy (non-hydrogen) atoms. The SMILES string of the molecule is COc1ccc(CCNC(=O)C(NC(=O)C2Cc3c([nH]c4ccccc34)C3c4ccccc4C(=O)N23)C(C)C)cc1. The van der Waals surface area contributed by atoms with Gasteiger partial charge < -0.3 is 25.3 Å². The fourth-order valence-corrected chi connectivity index (χ4v) is 6.15. The van der Waals surface area contributed by atoms with Crippen LogP contribution >= 0.6 is 0 Å². The topological polar surface area (TPSA) is 104 Å². The fourth-order valence-electron chi connectivity index (χ4n) is 6.15. The van der Waals surface area contributed by atoms with E-state index in [-0.39, 0.29) is 29.7 Å². The maximum atomic E-state index is 14.0. The average molecular weight is 551 g/mol. The number of benzene rings is 3. The standard InChI is InChI=1S/C33H34N4O4/c1-19(2)28(32(39)34-17-16-20-12-14-21(41-3)15-13-20)36-31(38)27-18-25-22-8-6-7-11-26(22)35-29(25)30-23-9-4-5-10-24(23)33(40)37(27)30/h4-15,19,27-28,30,35H,16-18H2,1-3H3,(H,34,39)(H,36,38). The number of hydrogen-bond acceptors (Lipinski definition) is 4. The highest BCUT2D eigenvalue weighted by atomic mass is 16.5. The second-order valence-corrected chi connectivity index (χ2v) is 11.1. The molecule has 3 N–H and O–H groups in total. The highest BCUT2D eigenvalue weighted by Crippen LogP contribution is 2.46. The Morgan fingerprint density at radius 1 is 1.02 bits per heavy atom. The number of fused-ring (bicyclic) bond motifs is 7. The molecule has 0 fully saturated rings. The summed E-state index contributed by atoms with van der Waals surface area (Å²) in [7, 11) is 1.63. The molecule has 0 bridgehead atoms. The van der Waals surface area contributed by atoms with Gasteiger partial charge >= 0.3 is 0 Å². The number of carbonyl (C=O) groups excluding carboxylic acids is 3. The number of methoxy groups -OCH3 is 1. The first-order valence-electron chi connectivity index (χ1n) is 14.1. The lowest BCUT2D eigenvalue weighted by Crippen LogP contribution is -2.57. The lowest BCUT2D eigenvalue weighted by Gasteiger charge is -2.38. The van der Waals surface area contributed by atoms with Gasteiger partial charge in [-0.05, 0) is 53.3 Å². The Bertz CT molecular complexity index is 1620. The summed E-state index contributed by atoms with van der Waals surface area (Å²) >= 11 is 0. The van der Waals surface area contributed by atoms with Gasteiger partial charge in [0.15, 0.2) is 0 Å². The predicted octanol–water partition coefficient (Wildman–Crippen LogP) is 4.15. The van der Waals surface area contributed by atoms with E-state index in [0.717, 1.165) is 39.0 Å². The highest BCUT2D eigenvalue weighted by molar-refractivity contribution is 6.04. The molecule has 3 atom stereocenters. The molecule has 3 unspecified atom stereocenters. The zero-order chi connectivity index (χ0) is 28.7. The van der Waals surface area contributed by atoms with Gasteiger partial charge in [-0.3, -0.25) is 14.4 Å². The average Bonchev–Trinajstić information content (AvgIpc) is 3.51. The highest BCUT2D eigenvalue weighted by Gasteiger charge is 2.49. The van der Waals surface area contributed by atoms with Crippen molar-refractivity contribution in [2.45, 2.75) is 44.8 Å². The lowest BCUT2D eigenvalue weighted by molar-refractivity contribution is -0.132. The molecule has 3 amide bonds. The monoisotopic (exact) mass is 550 g/mol. The van der Waals surface area contributed by atoms with Crippen molar-refractivity contribution < 1.29 is 19.1 Å².